The minimum Gasteiger partial charge on any atom is -0.281 e. The van der Waals surface area contributed by atoms with E-state index in [4.69, 9.17) is 0 Å². The number of halogens is 12. The van der Waals surface area contributed by atoms with Gasteiger partial charge < -0.3 is 0 Å². The SMILES string of the molecule is FC(F)(F)C(F)(F)C1(C(F)(F)F)OC(F)(Cl)C(F)(Cl)O1. The molecule has 0 aromatic heterocycles. The van der Waals surface area contributed by atoms with Gasteiger partial charge in [-0.15, -0.1) is 0 Å². The Kier molecular flexibility index (Phi) is 3.72. The Balaban J connectivity index is 3.53. The van der Waals surface area contributed by atoms with Crippen molar-refractivity contribution in [1.29, 1.82) is 0 Å². The highest BCUT2D eigenvalue weighted by molar-refractivity contribution is 6.32. The molecule has 1 rings (SSSR count). The summed E-state index contributed by atoms with van der Waals surface area (Å²) in [4.78, 5) is 0. The molecule has 1 aliphatic heterocycles. The monoisotopic (exact) mass is 364 g/mol. The minimum atomic E-state index is -6.94. The maximum absolute atomic E-state index is 13.0. The molecule has 1 heterocycles. The third-order valence-electron chi connectivity index (χ3n) is 2.03. The highest BCUT2D eigenvalue weighted by Gasteiger charge is 2.90. The van der Waals surface area contributed by atoms with E-state index in [-0.39, 0.29) is 0 Å². The average molecular weight is 365 g/mol. The van der Waals surface area contributed by atoms with Gasteiger partial charge in [0.05, 0.1) is 0 Å². The molecule has 1 fully saturated rings. The summed E-state index contributed by atoms with van der Waals surface area (Å²) in [5.74, 6) is -13.0. The Morgan fingerprint density at radius 1 is 0.700 bits per heavy atom. The summed E-state index contributed by atoms with van der Waals surface area (Å²) in [6.45, 7) is 0. The number of rotatable bonds is 1. The molecule has 0 saturated carbocycles. The normalized spacial score (nSPS) is 40.2. The molecule has 2 atom stereocenters. The largest absolute Gasteiger partial charge is 0.459 e. The van der Waals surface area contributed by atoms with Crippen molar-refractivity contribution in [3.8, 4) is 0 Å². The van der Waals surface area contributed by atoms with Crippen LogP contribution in [0.5, 0.6) is 0 Å². The number of hydrogen-bond donors (Lipinski definition) is 0. The van der Waals surface area contributed by atoms with Crippen LogP contribution in [0.4, 0.5) is 43.9 Å². The molecule has 14 heteroatoms. The van der Waals surface area contributed by atoms with E-state index < -0.39 is 34.7 Å². The van der Waals surface area contributed by atoms with Gasteiger partial charge in [-0.1, -0.05) is 0 Å². The van der Waals surface area contributed by atoms with Gasteiger partial charge in [0.25, 0.3) is 0 Å². The first-order valence-electron chi connectivity index (χ1n) is 4.08. The van der Waals surface area contributed by atoms with Gasteiger partial charge in [-0.2, -0.15) is 43.9 Å². The molecule has 0 bridgehead atoms. The quantitative estimate of drug-likeness (QED) is 0.512. The lowest BCUT2D eigenvalue weighted by Gasteiger charge is -2.36. The Morgan fingerprint density at radius 2 is 1.00 bits per heavy atom. The molecule has 0 amide bonds. The van der Waals surface area contributed by atoms with Crippen LogP contribution in [-0.2, 0) is 9.47 Å². The Hall–Kier alpha value is -0.200. The van der Waals surface area contributed by atoms with Gasteiger partial charge in [-0.25, -0.2) is 0 Å². The van der Waals surface area contributed by atoms with Crippen LogP contribution in [0.25, 0.3) is 0 Å². The van der Waals surface area contributed by atoms with Crippen LogP contribution in [0.2, 0.25) is 0 Å². The molecule has 2 unspecified atom stereocenters. The fraction of sp³-hybridized carbons (Fsp3) is 1.00. The minimum absolute atomic E-state index is 2.68. The van der Waals surface area contributed by atoms with Gasteiger partial charge in [-0.05, 0) is 23.2 Å². The highest BCUT2D eigenvalue weighted by Crippen LogP contribution is 2.63. The molecular formula is C6Cl2F10O2. The van der Waals surface area contributed by atoms with Crippen molar-refractivity contribution in [2.75, 3.05) is 0 Å². The summed E-state index contributed by atoms with van der Waals surface area (Å²) in [5, 5.41) is -9.89. The first-order valence-corrected chi connectivity index (χ1v) is 4.84. The van der Waals surface area contributed by atoms with Crippen LogP contribution in [0.15, 0.2) is 0 Å². The third kappa shape index (κ3) is 2.20. The van der Waals surface area contributed by atoms with Crippen LogP contribution < -0.4 is 0 Å². The molecule has 0 aliphatic carbocycles. The van der Waals surface area contributed by atoms with Crippen LogP contribution >= 0.6 is 23.2 Å². The van der Waals surface area contributed by atoms with Crippen molar-refractivity contribution in [2.24, 2.45) is 0 Å². The molecule has 120 valence electrons. The topological polar surface area (TPSA) is 18.5 Å². The first-order chi connectivity index (χ1) is 8.41. The van der Waals surface area contributed by atoms with Crippen molar-refractivity contribution >= 4 is 23.2 Å². The van der Waals surface area contributed by atoms with E-state index in [1.54, 1.807) is 0 Å². The summed E-state index contributed by atoms with van der Waals surface area (Å²) < 4.78 is 131. The summed E-state index contributed by atoms with van der Waals surface area (Å²) in [6, 6.07) is 0. The van der Waals surface area contributed by atoms with Crippen molar-refractivity contribution in [2.45, 2.75) is 34.7 Å². The van der Waals surface area contributed by atoms with Crippen LogP contribution in [-0.4, -0.2) is 34.7 Å². The molecule has 2 nitrogen and oxygen atoms in total. The number of alkyl halides is 12. The zero-order valence-electron chi connectivity index (χ0n) is 8.35. The summed E-state index contributed by atoms with van der Waals surface area (Å²) in [5.41, 5.74) is 0. The summed E-state index contributed by atoms with van der Waals surface area (Å²) >= 11 is 8.57. The lowest BCUT2D eigenvalue weighted by Crippen LogP contribution is -2.66. The van der Waals surface area contributed by atoms with Crippen molar-refractivity contribution in [1.82, 2.24) is 0 Å². The van der Waals surface area contributed by atoms with E-state index >= 15 is 0 Å². The van der Waals surface area contributed by atoms with E-state index in [9.17, 15) is 43.9 Å². The van der Waals surface area contributed by atoms with Gasteiger partial charge >= 0.3 is 34.7 Å². The van der Waals surface area contributed by atoms with E-state index in [2.05, 4.69) is 32.7 Å². The zero-order valence-corrected chi connectivity index (χ0v) is 9.86. The second-order valence-electron chi connectivity index (χ2n) is 3.42. The second-order valence-corrected chi connectivity index (χ2v) is 4.40. The Morgan fingerprint density at radius 3 is 1.20 bits per heavy atom. The maximum atomic E-state index is 13.0. The fourth-order valence-corrected chi connectivity index (χ4v) is 1.40. The predicted molar refractivity (Wildman–Crippen MR) is 41.3 cm³/mol. The van der Waals surface area contributed by atoms with Gasteiger partial charge in [-0.3, -0.25) is 9.47 Å². The lowest BCUT2D eigenvalue weighted by atomic mass is 10.1. The smallest absolute Gasteiger partial charge is 0.281 e. The molecular weight excluding hydrogens is 365 g/mol. The van der Waals surface area contributed by atoms with E-state index in [0.29, 0.717) is 0 Å². The van der Waals surface area contributed by atoms with Gasteiger partial charge in [0.1, 0.15) is 0 Å². The standard InChI is InChI=1S/C6Cl2F10O2/c7-3(11)4(8,12)20-2(19-3,6(16,17)18)1(9,10)5(13,14)15. The van der Waals surface area contributed by atoms with Crippen molar-refractivity contribution < 1.29 is 53.4 Å². The first kappa shape index (κ1) is 17.9. The zero-order chi connectivity index (χ0) is 16.4. The molecule has 0 radical (unpaired) electrons. The molecule has 0 N–H and O–H groups in total. The fourth-order valence-electron chi connectivity index (χ4n) is 1.11. The summed E-state index contributed by atoms with van der Waals surface area (Å²) in [6.07, 6.45) is -13.7. The predicted octanol–water partition coefficient (Wildman–Crippen LogP) is 4.21. The van der Waals surface area contributed by atoms with Gasteiger partial charge in [0, 0.05) is 0 Å². The van der Waals surface area contributed by atoms with Crippen LogP contribution in [0.3, 0.4) is 0 Å². The molecule has 20 heavy (non-hydrogen) atoms. The van der Waals surface area contributed by atoms with E-state index in [1.807, 2.05) is 0 Å². The average Bonchev–Trinajstić information content (AvgIpc) is 2.30. The maximum Gasteiger partial charge on any atom is 0.459 e. The summed E-state index contributed by atoms with van der Waals surface area (Å²) in [7, 11) is 0. The van der Waals surface area contributed by atoms with Crippen LogP contribution in [0.1, 0.15) is 0 Å². The molecule has 1 saturated heterocycles. The Bertz CT molecular complexity index is 384. The lowest BCUT2D eigenvalue weighted by molar-refractivity contribution is -0.471. The van der Waals surface area contributed by atoms with Crippen molar-refractivity contribution in [3.05, 3.63) is 0 Å². The van der Waals surface area contributed by atoms with Crippen molar-refractivity contribution in [3.63, 3.8) is 0 Å². The van der Waals surface area contributed by atoms with Gasteiger partial charge in [0.15, 0.2) is 0 Å². The Labute approximate surface area is 112 Å². The van der Waals surface area contributed by atoms with E-state index in [0.717, 1.165) is 0 Å². The molecule has 0 spiro atoms. The van der Waals surface area contributed by atoms with E-state index in [1.165, 1.54) is 0 Å². The molecule has 1 aliphatic rings. The highest BCUT2D eigenvalue weighted by atomic mass is 35.5. The number of ether oxygens (including phenoxy) is 2. The third-order valence-corrected chi connectivity index (χ3v) is 2.76. The van der Waals surface area contributed by atoms with Crippen LogP contribution in [0, 0.1) is 0 Å². The second kappa shape index (κ2) is 4.17. The molecule has 0 aromatic rings. The van der Waals surface area contributed by atoms with Gasteiger partial charge in [0.2, 0.25) is 0 Å². The number of hydrogen-bond acceptors (Lipinski definition) is 2. The molecule has 0 aromatic carbocycles.